The van der Waals surface area contributed by atoms with Crippen LogP contribution in [0.2, 0.25) is 0 Å². The molecule has 1 saturated carbocycles. The first-order chi connectivity index (χ1) is 10.1. The van der Waals surface area contributed by atoms with Gasteiger partial charge in [-0.1, -0.05) is 37.5 Å². The Labute approximate surface area is 126 Å². The topological polar surface area (TPSA) is 57.6 Å². The summed E-state index contributed by atoms with van der Waals surface area (Å²) in [5.41, 5.74) is 1.39. The zero-order chi connectivity index (χ0) is 14.9. The van der Waals surface area contributed by atoms with E-state index in [9.17, 15) is 13.5 Å². The molecule has 3 rings (SSSR count). The Kier molecular flexibility index (Phi) is 4.22. The zero-order valence-electron chi connectivity index (χ0n) is 12.2. The molecule has 4 nitrogen and oxygen atoms in total. The first-order valence-corrected chi connectivity index (χ1v) is 9.46. The number of fused-ring (bicyclic) bond motifs is 1. The van der Waals surface area contributed by atoms with E-state index in [1.807, 2.05) is 18.2 Å². The fourth-order valence-corrected chi connectivity index (χ4v) is 5.50. The fourth-order valence-electron chi connectivity index (χ4n) is 3.54. The van der Waals surface area contributed by atoms with Gasteiger partial charge in [-0.3, -0.25) is 4.31 Å². The highest BCUT2D eigenvalue weighted by molar-refractivity contribution is 7.92. The number of hydrogen-bond acceptors (Lipinski definition) is 3. The molecule has 5 heteroatoms. The van der Waals surface area contributed by atoms with Crippen LogP contribution in [-0.4, -0.2) is 25.8 Å². The second-order valence-electron chi connectivity index (χ2n) is 6.22. The van der Waals surface area contributed by atoms with Crippen molar-refractivity contribution < 1.29 is 13.5 Å². The molecule has 0 radical (unpaired) electrons. The van der Waals surface area contributed by atoms with Crippen LogP contribution in [0.25, 0.3) is 0 Å². The predicted octanol–water partition coefficient (Wildman–Crippen LogP) is 2.84. The minimum absolute atomic E-state index is 0.247. The summed E-state index contributed by atoms with van der Waals surface area (Å²) in [5.74, 6) is 0.542. The number of aliphatic hydroxyl groups excluding tert-OH is 1. The highest BCUT2D eigenvalue weighted by atomic mass is 32.2. The van der Waals surface area contributed by atoms with Crippen molar-refractivity contribution >= 4 is 15.7 Å². The van der Waals surface area contributed by atoms with Crippen LogP contribution in [0.1, 0.15) is 50.2 Å². The molecule has 116 valence electrons. The van der Waals surface area contributed by atoms with Crippen molar-refractivity contribution in [2.24, 2.45) is 5.92 Å². The lowest BCUT2D eigenvalue weighted by atomic mass is 9.91. The van der Waals surface area contributed by atoms with Crippen LogP contribution in [0.15, 0.2) is 24.3 Å². The van der Waals surface area contributed by atoms with Crippen molar-refractivity contribution in [3.8, 4) is 0 Å². The van der Waals surface area contributed by atoms with E-state index in [4.69, 9.17) is 0 Å². The van der Waals surface area contributed by atoms with Crippen LogP contribution >= 0.6 is 0 Å². The van der Waals surface area contributed by atoms with Crippen LogP contribution in [0.4, 0.5) is 5.69 Å². The smallest absolute Gasteiger partial charge is 0.235 e. The van der Waals surface area contributed by atoms with E-state index >= 15 is 0 Å². The molecule has 1 N–H and O–H groups in total. The van der Waals surface area contributed by atoms with Gasteiger partial charge in [0.05, 0.1) is 17.5 Å². The fraction of sp³-hybridized carbons (Fsp3) is 0.625. The summed E-state index contributed by atoms with van der Waals surface area (Å²) in [6.45, 7) is 0.382. The number of nitrogens with zero attached hydrogens (tertiary/aromatic N) is 1. The molecule has 1 unspecified atom stereocenters. The molecule has 1 aliphatic carbocycles. The van der Waals surface area contributed by atoms with E-state index in [2.05, 4.69) is 0 Å². The molecular formula is C16H23NO3S. The molecule has 1 aromatic rings. The summed E-state index contributed by atoms with van der Waals surface area (Å²) in [5, 5.41) is 10.0. The van der Waals surface area contributed by atoms with Crippen LogP contribution in [0.3, 0.4) is 0 Å². The van der Waals surface area contributed by atoms with Crippen LogP contribution in [0.5, 0.6) is 0 Å². The van der Waals surface area contributed by atoms with Gasteiger partial charge in [-0.2, -0.15) is 0 Å². The number of rotatable bonds is 3. The molecule has 0 aromatic heterocycles. The second kappa shape index (κ2) is 5.97. The maximum Gasteiger partial charge on any atom is 0.235 e. The normalized spacial score (nSPS) is 23.9. The Morgan fingerprint density at radius 2 is 1.81 bits per heavy atom. The Morgan fingerprint density at radius 1 is 1.10 bits per heavy atom. The summed E-state index contributed by atoms with van der Waals surface area (Å²) >= 11 is 0. The Balaban J connectivity index is 1.84. The van der Waals surface area contributed by atoms with Gasteiger partial charge in [0.1, 0.15) is 0 Å². The third-order valence-electron chi connectivity index (χ3n) is 4.68. The van der Waals surface area contributed by atoms with E-state index in [-0.39, 0.29) is 5.75 Å². The molecular weight excluding hydrogens is 286 g/mol. The van der Waals surface area contributed by atoms with E-state index in [1.54, 1.807) is 6.07 Å². The number of sulfonamides is 1. The summed E-state index contributed by atoms with van der Waals surface area (Å²) in [6.07, 6.45) is 5.50. The second-order valence-corrected chi connectivity index (χ2v) is 8.16. The van der Waals surface area contributed by atoms with E-state index < -0.39 is 16.1 Å². The molecule has 0 bridgehead atoms. The van der Waals surface area contributed by atoms with Crippen LogP contribution in [-0.2, 0) is 10.0 Å². The summed E-state index contributed by atoms with van der Waals surface area (Å²) in [4.78, 5) is 0. The Hall–Kier alpha value is -1.07. The Morgan fingerprint density at radius 3 is 2.57 bits per heavy atom. The molecule has 1 fully saturated rings. The van der Waals surface area contributed by atoms with E-state index in [0.29, 0.717) is 24.6 Å². The predicted molar refractivity (Wildman–Crippen MR) is 83.7 cm³/mol. The van der Waals surface area contributed by atoms with Gasteiger partial charge in [0.15, 0.2) is 0 Å². The SMILES string of the molecule is O=S(=O)(CC1CCCCC1)N1CCC(O)c2ccccc21. The van der Waals surface area contributed by atoms with Gasteiger partial charge in [-0.15, -0.1) is 0 Å². The number of para-hydroxylation sites is 1. The first kappa shape index (κ1) is 14.9. The average Bonchev–Trinajstić information content (AvgIpc) is 2.48. The molecule has 0 amide bonds. The van der Waals surface area contributed by atoms with Gasteiger partial charge in [-0.25, -0.2) is 8.42 Å². The minimum atomic E-state index is -3.30. The summed E-state index contributed by atoms with van der Waals surface area (Å²) < 4.78 is 27.1. The molecule has 1 aromatic carbocycles. The standard InChI is InChI=1S/C16H23NO3S/c18-16-10-11-17(15-9-5-4-8-14(15)16)21(19,20)12-13-6-2-1-3-7-13/h4-5,8-9,13,16,18H,1-3,6-7,10-12H2. The lowest BCUT2D eigenvalue weighted by Gasteiger charge is -2.34. The minimum Gasteiger partial charge on any atom is -0.388 e. The third kappa shape index (κ3) is 3.09. The summed E-state index contributed by atoms with van der Waals surface area (Å²) in [6, 6.07) is 7.30. The van der Waals surface area contributed by atoms with Gasteiger partial charge in [-0.05, 0) is 31.2 Å². The molecule has 1 aliphatic heterocycles. The lowest BCUT2D eigenvalue weighted by Crippen LogP contribution is -2.40. The molecule has 1 atom stereocenters. The van der Waals surface area contributed by atoms with Crippen molar-refractivity contribution in [2.75, 3.05) is 16.6 Å². The van der Waals surface area contributed by atoms with Gasteiger partial charge in [0.2, 0.25) is 10.0 Å². The zero-order valence-corrected chi connectivity index (χ0v) is 13.1. The molecule has 0 spiro atoms. The van der Waals surface area contributed by atoms with Crippen molar-refractivity contribution in [2.45, 2.75) is 44.6 Å². The monoisotopic (exact) mass is 309 g/mol. The third-order valence-corrected chi connectivity index (χ3v) is 6.62. The number of benzene rings is 1. The number of anilines is 1. The van der Waals surface area contributed by atoms with Gasteiger partial charge >= 0.3 is 0 Å². The highest BCUT2D eigenvalue weighted by Crippen LogP contribution is 2.36. The maximum atomic E-state index is 12.8. The van der Waals surface area contributed by atoms with Gasteiger partial charge < -0.3 is 5.11 Å². The van der Waals surface area contributed by atoms with Crippen LogP contribution in [0, 0.1) is 5.92 Å². The first-order valence-electron chi connectivity index (χ1n) is 7.85. The molecule has 21 heavy (non-hydrogen) atoms. The quantitative estimate of drug-likeness (QED) is 0.934. The van der Waals surface area contributed by atoms with Crippen molar-refractivity contribution in [3.63, 3.8) is 0 Å². The number of aliphatic hydroxyl groups is 1. The maximum absolute atomic E-state index is 12.8. The van der Waals surface area contributed by atoms with E-state index in [1.165, 1.54) is 10.7 Å². The van der Waals surface area contributed by atoms with Crippen molar-refractivity contribution in [3.05, 3.63) is 29.8 Å². The Bertz CT molecular complexity index is 593. The summed E-state index contributed by atoms with van der Waals surface area (Å²) in [7, 11) is -3.30. The number of hydrogen-bond donors (Lipinski definition) is 1. The molecule has 0 saturated heterocycles. The largest absolute Gasteiger partial charge is 0.388 e. The van der Waals surface area contributed by atoms with E-state index in [0.717, 1.165) is 31.2 Å². The molecule has 2 aliphatic rings. The highest BCUT2D eigenvalue weighted by Gasteiger charge is 2.32. The van der Waals surface area contributed by atoms with Crippen molar-refractivity contribution in [1.82, 2.24) is 0 Å². The van der Waals surface area contributed by atoms with Crippen molar-refractivity contribution in [1.29, 1.82) is 0 Å². The average molecular weight is 309 g/mol. The molecule has 1 heterocycles. The van der Waals surface area contributed by atoms with Crippen LogP contribution < -0.4 is 4.31 Å². The lowest BCUT2D eigenvalue weighted by molar-refractivity contribution is 0.166. The van der Waals surface area contributed by atoms with Gasteiger partial charge in [0, 0.05) is 12.1 Å². The van der Waals surface area contributed by atoms with Gasteiger partial charge in [0.25, 0.3) is 0 Å².